The normalized spacial score (nSPS) is 11.0. The molecule has 3 rings (SSSR count). The van der Waals surface area contributed by atoms with Crippen LogP contribution in [-0.2, 0) is 6.42 Å². The van der Waals surface area contributed by atoms with E-state index in [4.69, 9.17) is 0 Å². The van der Waals surface area contributed by atoms with Crippen LogP contribution in [0.1, 0.15) is 31.7 Å². The van der Waals surface area contributed by atoms with Crippen LogP contribution in [0.2, 0.25) is 0 Å². The number of hydrogen-bond donors (Lipinski definition) is 0. The molecule has 3 aromatic rings. The molecule has 0 unspecified atom stereocenters. The second kappa shape index (κ2) is 8.29. The second-order valence-electron chi connectivity index (χ2n) is 6.35. The minimum absolute atomic E-state index is 0.158. The number of aromatic nitrogens is 2. The third-order valence-corrected chi connectivity index (χ3v) is 4.23. The molecule has 0 amide bonds. The Morgan fingerprint density at radius 2 is 1.33 bits per heavy atom. The summed E-state index contributed by atoms with van der Waals surface area (Å²) in [6, 6.07) is 4.53. The second-order valence-corrected chi connectivity index (χ2v) is 6.35. The molecule has 27 heavy (non-hydrogen) atoms. The van der Waals surface area contributed by atoms with Gasteiger partial charge in [-0.3, -0.25) is 0 Å². The molecule has 0 fully saturated rings. The predicted molar refractivity (Wildman–Crippen MR) is 96.0 cm³/mol. The molecule has 0 aliphatic carbocycles. The number of benzene rings is 2. The van der Waals surface area contributed by atoms with Gasteiger partial charge in [-0.15, -0.1) is 0 Å². The Morgan fingerprint density at radius 1 is 0.741 bits per heavy atom. The van der Waals surface area contributed by atoms with E-state index in [2.05, 4.69) is 16.9 Å². The maximum Gasteiger partial charge on any atom is 0.159 e. The van der Waals surface area contributed by atoms with E-state index in [9.17, 15) is 17.6 Å². The Morgan fingerprint density at radius 3 is 1.89 bits per heavy atom. The molecule has 2 aromatic carbocycles. The molecule has 0 atom stereocenters. The van der Waals surface area contributed by atoms with Crippen LogP contribution in [0.4, 0.5) is 17.6 Å². The molecule has 0 N–H and O–H groups in total. The van der Waals surface area contributed by atoms with Gasteiger partial charge in [-0.1, -0.05) is 19.8 Å². The Labute approximate surface area is 154 Å². The van der Waals surface area contributed by atoms with Gasteiger partial charge in [-0.05, 0) is 48.2 Å². The van der Waals surface area contributed by atoms with Crippen LogP contribution in [0.25, 0.3) is 22.5 Å². The van der Waals surface area contributed by atoms with Crippen molar-refractivity contribution in [2.45, 2.75) is 32.6 Å². The summed E-state index contributed by atoms with van der Waals surface area (Å²) >= 11 is 0. The number of aryl methyl sites for hydroxylation is 1. The topological polar surface area (TPSA) is 25.8 Å². The van der Waals surface area contributed by atoms with Crippen molar-refractivity contribution in [1.29, 1.82) is 0 Å². The van der Waals surface area contributed by atoms with E-state index < -0.39 is 28.8 Å². The van der Waals surface area contributed by atoms with Crippen LogP contribution in [0.5, 0.6) is 0 Å². The summed E-state index contributed by atoms with van der Waals surface area (Å²) < 4.78 is 55.7. The van der Waals surface area contributed by atoms with Crippen LogP contribution < -0.4 is 0 Å². The first-order valence-corrected chi connectivity index (χ1v) is 8.74. The highest BCUT2D eigenvalue weighted by atomic mass is 19.1. The van der Waals surface area contributed by atoms with Gasteiger partial charge in [0.2, 0.25) is 0 Å². The molecular weight excluding hydrogens is 356 g/mol. The van der Waals surface area contributed by atoms with E-state index in [1.54, 1.807) is 12.4 Å². The zero-order chi connectivity index (χ0) is 19.4. The standard InChI is InChI=1S/C21H18F4N2/c1-2-3-4-5-13-11-26-21(27-12-13)15-8-18(24)20(19(25)9-15)14-6-16(22)10-17(23)7-14/h6-12H,2-5H2,1H3. The van der Waals surface area contributed by atoms with Crippen molar-refractivity contribution >= 4 is 0 Å². The largest absolute Gasteiger partial charge is 0.236 e. The van der Waals surface area contributed by atoms with Gasteiger partial charge in [0.15, 0.2) is 5.82 Å². The van der Waals surface area contributed by atoms with Crippen LogP contribution in [0.3, 0.4) is 0 Å². The van der Waals surface area contributed by atoms with Gasteiger partial charge in [0.25, 0.3) is 0 Å². The van der Waals surface area contributed by atoms with E-state index in [1.807, 2.05) is 0 Å². The predicted octanol–water partition coefficient (Wildman–Crippen LogP) is 6.10. The number of rotatable bonds is 6. The highest BCUT2D eigenvalue weighted by Gasteiger charge is 2.17. The molecule has 0 aliphatic heterocycles. The molecule has 0 radical (unpaired) electrons. The van der Waals surface area contributed by atoms with Crippen molar-refractivity contribution in [3.05, 3.63) is 71.6 Å². The maximum atomic E-state index is 14.5. The fourth-order valence-corrected chi connectivity index (χ4v) is 2.89. The Bertz CT molecular complexity index is 896. The fourth-order valence-electron chi connectivity index (χ4n) is 2.89. The first-order chi connectivity index (χ1) is 13.0. The van der Waals surface area contributed by atoms with Gasteiger partial charge in [0.1, 0.15) is 23.3 Å². The van der Waals surface area contributed by atoms with Crippen LogP contribution in [-0.4, -0.2) is 9.97 Å². The SMILES string of the molecule is CCCCCc1cnc(-c2cc(F)c(-c3cc(F)cc(F)c3)c(F)c2)nc1. The molecule has 1 heterocycles. The van der Waals surface area contributed by atoms with Gasteiger partial charge in [-0.25, -0.2) is 27.5 Å². The molecule has 140 valence electrons. The summed E-state index contributed by atoms with van der Waals surface area (Å²) in [7, 11) is 0. The van der Waals surface area contributed by atoms with Gasteiger partial charge in [-0.2, -0.15) is 0 Å². The molecule has 0 spiro atoms. The lowest BCUT2D eigenvalue weighted by Crippen LogP contribution is -1.97. The third-order valence-electron chi connectivity index (χ3n) is 4.23. The first-order valence-electron chi connectivity index (χ1n) is 8.74. The zero-order valence-corrected chi connectivity index (χ0v) is 14.8. The Hall–Kier alpha value is -2.76. The number of unbranched alkanes of at least 4 members (excludes halogenated alkanes) is 2. The lowest BCUT2D eigenvalue weighted by Gasteiger charge is -2.09. The average molecular weight is 374 g/mol. The molecule has 6 heteroatoms. The summed E-state index contributed by atoms with van der Waals surface area (Å²) in [6.07, 6.45) is 7.38. The van der Waals surface area contributed by atoms with E-state index in [0.717, 1.165) is 55.5 Å². The van der Waals surface area contributed by atoms with Gasteiger partial charge in [0, 0.05) is 24.0 Å². The van der Waals surface area contributed by atoms with Crippen LogP contribution in [0, 0.1) is 23.3 Å². The Kier molecular flexibility index (Phi) is 5.84. The highest BCUT2D eigenvalue weighted by Crippen LogP contribution is 2.31. The maximum absolute atomic E-state index is 14.5. The highest BCUT2D eigenvalue weighted by molar-refractivity contribution is 5.69. The number of nitrogens with zero attached hydrogens (tertiary/aromatic N) is 2. The summed E-state index contributed by atoms with van der Waals surface area (Å²) in [5.41, 5.74) is 0.417. The fraction of sp³-hybridized carbons (Fsp3) is 0.238. The van der Waals surface area contributed by atoms with Gasteiger partial charge in [0.05, 0.1) is 5.56 Å². The molecule has 1 aromatic heterocycles. The Balaban J connectivity index is 1.90. The summed E-state index contributed by atoms with van der Waals surface area (Å²) in [5.74, 6) is -3.51. The van der Waals surface area contributed by atoms with Crippen molar-refractivity contribution in [2.75, 3.05) is 0 Å². The van der Waals surface area contributed by atoms with Crippen molar-refractivity contribution in [3.8, 4) is 22.5 Å². The quantitative estimate of drug-likeness (QED) is 0.385. The molecule has 0 saturated carbocycles. The van der Waals surface area contributed by atoms with Gasteiger partial charge >= 0.3 is 0 Å². The summed E-state index contributed by atoms with van der Waals surface area (Å²) in [4.78, 5) is 8.35. The van der Waals surface area contributed by atoms with Gasteiger partial charge < -0.3 is 0 Å². The van der Waals surface area contributed by atoms with Crippen molar-refractivity contribution < 1.29 is 17.6 Å². The lowest BCUT2D eigenvalue weighted by atomic mass is 10.0. The van der Waals surface area contributed by atoms with E-state index in [-0.39, 0.29) is 17.0 Å². The van der Waals surface area contributed by atoms with E-state index in [1.165, 1.54) is 0 Å². The van der Waals surface area contributed by atoms with Crippen molar-refractivity contribution in [3.63, 3.8) is 0 Å². The minimum Gasteiger partial charge on any atom is -0.236 e. The molecule has 2 nitrogen and oxygen atoms in total. The van der Waals surface area contributed by atoms with Crippen LogP contribution >= 0.6 is 0 Å². The molecular formula is C21H18F4N2. The van der Waals surface area contributed by atoms with E-state index in [0.29, 0.717) is 6.07 Å². The lowest BCUT2D eigenvalue weighted by molar-refractivity contribution is 0.578. The average Bonchev–Trinajstić information content (AvgIpc) is 2.61. The van der Waals surface area contributed by atoms with Crippen molar-refractivity contribution in [2.24, 2.45) is 0 Å². The van der Waals surface area contributed by atoms with Crippen LogP contribution in [0.15, 0.2) is 42.7 Å². The molecule has 0 bridgehead atoms. The number of halogens is 4. The number of hydrogen-bond acceptors (Lipinski definition) is 2. The zero-order valence-electron chi connectivity index (χ0n) is 14.8. The van der Waals surface area contributed by atoms with Crippen molar-refractivity contribution in [1.82, 2.24) is 9.97 Å². The minimum atomic E-state index is -0.939. The molecule has 0 aliphatic rings. The summed E-state index contributed by atoms with van der Waals surface area (Å²) in [5, 5.41) is 0. The molecule has 0 saturated heterocycles. The first kappa shape index (κ1) is 19.0. The smallest absolute Gasteiger partial charge is 0.159 e. The van der Waals surface area contributed by atoms with E-state index >= 15 is 0 Å². The monoisotopic (exact) mass is 374 g/mol. The third kappa shape index (κ3) is 4.51. The summed E-state index contributed by atoms with van der Waals surface area (Å²) in [6.45, 7) is 2.12.